The minimum atomic E-state index is -0.0514. The Labute approximate surface area is 155 Å². The molecular weight excluding hydrogens is 365 g/mol. The number of fused-ring (bicyclic) bond motifs is 1. The third-order valence-corrected chi connectivity index (χ3v) is 6.01. The molecule has 128 valence electrons. The van der Waals surface area contributed by atoms with E-state index >= 15 is 0 Å². The molecule has 2 heterocycles. The summed E-state index contributed by atoms with van der Waals surface area (Å²) in [6.07, 6.45) is 1.86. The number of carbonyl (C=O) groups excluding carboxylic acids is 1. The van der Waals surface area contributed by atoms with Crippen LogP contribution < -0.4 is 5.32 Å². The molecule has 0 unspecified atom stereocenters. The maximum atomic E-state index is 12.2. The summed E-state index contributed by atoms with van der Waals surface area (Å²) in [4.78, 5) is 20.4. The zero-order valence-electron chi connectivity index (χ0n) is 13.4. The molecule has 4 nitrogen and oxygen atoms in total. The second kappa shape index (κ2) is 7.83. The van der Waals surface area contributed by atoms with E-state index in [1.54, 1.807) is 17.4 Å². The average Bonchev–Trinajstić information content (AvgIpc) is 2.97. The molecule has 7 heteroatoms. The fraction of sp³-hybridized carbons (Fsp3) is 0.412. The van der Waals surface area contributed by atoms with Crippen molar-refractivity contribution in [3.63, 3.8) is 0 Å². The summed E-state index contributed by atoms with van der Waals surface area (Å²) in [5.74, 6) is -0.0514. The smallest absolute Gasteiger partial charge is 0.226 e. The largest absolute Gasteiger partial charge is 0.302 e. The molecule has 1 N–H and O–H groups in total. The number of rotatable bonds is 5. The molecule has 1 aliphatic heterocycles. The first kappa shape index (κ1) is 17.7. The molecule has 1 aliphatic rings. The number of carbonyl (C=O) groups is 1. The quantitative estimate of drug-likeness (QED) is 0.831. The average molecular weight is 384 g/mol. The highest BCUT2D eigenvalue weighted by molar-refractivity contribution is 7.15. The molecule has 0 saturated carbocycles. The van der Waals surface area contributed by atoms with Crippen molar-refractivity contribution < 1.29 is 4.79 Å². The Bertz CT molecular complexity index is 747. The van der Waals surface area contributed by atoms with Crippen LogP contribution in [0.5, 0.6) is 0 Å². The van der Waals surface area contributed by atoms with E-state index < -0.39 is 0 Å². The van der Waals surface area contributed by atoms with Crippen LogP contribution in [0, 0.1) is 0 Å². The summed E-state index contributed by atoms with van der Waals surface area (Å²) >= 11 is 13.7. The van der Waals surface area contributed by atoms with Crippen molar-refractivity contribution >= 4 is 45.6 Å². The van der Waals surface area contributed by atoms with E-state index in [4.69, 9.17) is 23.2 Å². The lowest BCUT2D eigenvalue weighted by Gasteiger charge is -2.23. The first-order valence-corrected chi connectivity index (χ1v) is 9.57. The number of nitrogens with zero attached hydrogens (tertiary/aromatic N) is 2. The van der Waals surface area contributed by atoms with Crippen molar-refractivity contribution in [2.75, 3.05) is 18.4 Å². The lowest BCUT2D eigenvalue weighted by Crippen LogP contribution is -2.29. The normalized spacial score (nSPS) is 14.5. The van der Waals surface area contributed by atoms with Gasteiger partial charge in [-0.25, -0.2) is 4.98 Å². The van der Waals surface area contributed by atoms with Crippen LogP contribution in [0.25, 0.3) is 0 Å². The molecule has 0 aliphatic carbocycles. The van der Waals surface area contributed by atoms with Gasteiger partial charge < -0.3 is 5.32 Å². The number of thiazole rings is 1. The predicted molar refractivity (Wildman–Crippen MR) is 100 cm³/mol. The molecule has 3 rings (SSSR count). The van der Waals surface area contributed by atoms with E-state index in [1.807, 2.05) is 12.1 Å². The van der Waals surface area contributed by atoms with Crippen LogP contribution in [0.15, 0.2) is 18.2 Å². The van der Waals surface area contributed by atoms with Crippen molar-refractivity contribution in [2.24, 2.45) is 0 Å². The Hall–Kier alpha value is -1.14. The zero-order chi connectivity index (χ0) is 17.1. The summed E-state index contributed by atoms with van der Waals surface area (Å²) in [6, 6.07) is 5.48. The number of nitrogens with one attached hydrogen (secondary N) is 1. The van der Waals surface area contributed by atoms with E-state index in [2.05, 4.69) is 22.1 Å². The highest BCUT2D eigenvalue weighted by atomic mass is 35.5. The number of hydrogen-bond acceptors (Lipinski definition) is 4. The van der Waals surface area contributed by atoms with Crippen molar-refractivity contribution in [2.45, 2.75) is 32.7 Å². The number of aryl methyl sites for hydroxylation is 1. The molecule has 0 bridgehead atoms. The number of aromatic nitrogens is 1. The standard InChI is InChI=1S/C17H19Cl2N3OS/c1-2-22-9-8-13-14(10-22)24-17(20-13)21-15(23)7-6-11-4-3-5-12(18)16(11)19/h3-5H,2,6-10H2,1H3,(H,20,21,23). The van der Waals surface area contributed by atoms with Crippen LogP contribution in [0.1, 0.15) is 29.5 Å². The molecule has 1 aromatic carbocycles. The van der Waals surface area contributed by atoms with Gasteiger partial charge in [0.05, 0.1) is 15.7 Å². The van der Waals surface area contributed by atoms with E-state index in [1.165, 1.54) is 4.88 Å². The second-order valence-corrected chi connectivity index (χ2v) is 7.64. The lowest BCUT2D eigenvalue weighted by atomic mass is 10.1. The number of benzene rings is 1. The van der Waals surface area contributed by atoms with Gasteiger partial charge in [0.25, 0.3) is 0 Å². The third kappa shape index (κ3) is 4.09. The maximum Gasteiger partial charge on any atom is 0.226 e. The predicted octanol–water partition coefficient (Wildman–Crippen LogP) is 4.40. The van der Waals surface area contributed by atoms with Gasteiger partial charge in [-0.2, -0.15) is 0 Å². The maximum absolute atomic E-state index is 12.2. The van der Waals surface area contributed by atoms with Crippen LogP contribution in [0.3, 0.4) is 0 Å². The van der Waals surface area contributed by atoms with Gasteiger partial charge in [-0.1, -0.05) is 42.3 Å². The Morgan fingerprint density at radius 2 is 2.25 bits per heavy atom. The summed E-state index contributed by atoms with van der Waals surface area (Å²) in [5, 5.41) is 4.65. The Kier molecular flexibility index (Phi) is 5.76. The number of hydrogen-bond donors (Lipinski definition) is 1. The molecule has 0 saturated heterocycles. The van der Waals surface area contributed by atoms with Crippen LogP contribution in [0.2, 0.25) is 10.0 Å². The monoisotopic (exact) mass is 383 g/mol. The molecule has 0 fully saturated rings. The Morgan fingerprint density at radius 1 is 1.42 bits per heavy atom. The molecule has 0 spiro atoms. The molecular formula is C17H19Cl2N3OS. The van der Waals surface area contributed by atoms with Crippen molar-refractivity contribution in [1.82, 2.24) is 9.88 Å². The van der Waals surface area contributed by atoms with Gasteiger partial charge in [-0.05, 0) is 24.6 Å². The SMILES string of the molecule is CCN1CCc2nc(NC(=O)CCc3cccc(Cl)c3Cl)sc2C1. The number of anilines is 1. The third-order valence-electron chi connectivity index (χ3n) is 4.16. The van der Waals surface area contributed by atoms with Gasteiger partial charge in [0.2, 0.25) is 5.91 Å². The van der Waals surface area contributed by atoms with E-state index in [-0.39, 0.29) is 5.91 Å². The van der Waals surface area contributed by atoms with Gasteiger partial charge in [0.15, 0.2) is 5.13 Å². The van der Waals surface area contributed by atoms with Crippen molar-refractivity contribution in [3.05, 3.63) is 44.4 Å². The minimum absolute atomic E-state index is 0.0514. The van der Waals surface area contributed by atoms with E-state index in [0.29, 0.717) is 28.0 Å². The first-order chi connectivity index (χ1) is 11.6. The second-order valence-electron chi connectivity index (χ2n) is 5.77. The van der Waals surface area contributed by atoms with Crippen LogP contribution in [-0.4, -0.2) is 28.9 Å². The number of amides is 1. The van der Waals surface area contributed by atoms with Crippen molar-refractivity contribution in [3.8, 4) is 0 Å². The summed E-state index contributed by atoms with van der Waals surface area (Å²) in [7, 11) is 0. The van der Waals surface area contributed by atoms with Gasteiger partial charge >= 0.3 is 0 Å². The summed E-state index contributed by atoms with van der Waals surface area (Å²) in [6.45, 7) is 5.17. The molecule has 1 aromatic heterocycles. The highest BCUT2D eigenvalue weighted by Gasteiger charge is 2.20. The fourth-order valence-electron chi connectivity index (χ4n) is 2.74. The fourth-order valence-corrected chi connectivity index (χ4v) is 4.22. The number of halogens is 2. The molecule has 1 amide bonds. The topological polar surface area (TPSA) is 45.2 Å². The van der Waals surface area contributed by atoms with Crippen LogP contribution in [0.4, 0.5) is 5.13 Å². The first-order valence-electron chi connectivity index (χ1n) is 8.00. The van der Waals surface area contributed by atoms with Crippen LogP contribution in [-0.2, 0) is 24.2 Å². The van der Waals surface area contributed by atoms with Crippen LogP contribution >= 0.6 is 34.5 Å². The van der Waals surface area contributed by atoms with Gasteiger partial charge in [-0.15, -0.1) is 11.3 Å². The molecule has 0 radical (unpaired) electrons. The van der Waals surface area contributed by atoms with E-state index in [0.717, 1.165) is 37.3 Å². The Morgan fingerprint density at radius 3 is 3.04 bits per heavy atom. The van der Waals surface area contributed by atoms with E-state index in [9.17, 15) is 4.79 Å². The molecule has 24 heavy (non-hydrogen) atoms. The van der Waals surface area contributed by atoms with Gasteiger partial charge in [-0.3, -0.25) is 9.69 Å². The molecule has 2 aromatic rings. The summed E-state index contributed by atoms with van der Waals surface area (Å²) < 4.78 is 0. The summed E-state index contributed by atoms with van der Waals surface area (Å²) in [5.41, 5.74) is 2.01. The zero-order valence-corrected chi connectivity index (χ0v) is 15.8. The molecule has 0 atom stereocenters. The number of likely N-dealkylation sites (N-methyl/N-ethyl adjacent to an activating group) is 1. The van der Waals surface area contributed by atoms with Gasteiger partial charge in [0.1, 0.15) is 0 Å². The Balaban J connectivity index is 1.58. The highest BCUT2D eigenvalue weighted by Crippen LogP contribution is 2.29. The minimum Gasteiger partial charge on any atom is -0.302 e. The lowest BCUT2D eigenvalue weighted by molar-refractivity contribution is -0.116. The van der Waals surface area contributed by atoms with Crippen molar-refractivity contribution in [1.29, 1.82) is 0 Å². The van der Waals surface area contributed by atoms with Gasteiger partial charge in [0, 0.05) is 30.8 Å².